The highest BCUT2D eigenvalue weighted by Crippen LogP contribution is 2.25. The monoisotopic (exact) mass is 609 g/mol. The molecule has 1 aliphatic heterocycles. The summed E-state index contributed by atoms with van der Waals surface area (Å²) in [5.41, 5.74) is 1.61. The Morgan fingerprint density at radius 1 is 1.08 bits per heavy atom. The molecule has 6 atom stereocenters. The molecule has 0 aromatic heterocycles. The maximum atomic E-state index is 13.4. The molecule has 0 radical (unpaired) electrons. The van der Waals surface area contributed by atoms with Crippen LogP contribution in [0.2, 0.25) is 0 Å². The van der Waals surface area contributed by atoms with Crippen LogP contribution >= 0.6 is 15.9 Å². The van der Waals surface area contributed by atoms with E-state index in [1.54, 1.807) is 26.0 Å². The fraction of sp³-hybridized carbons (Fsp3) is 0.571. The van der Waals surface area contributed by atoms with Gasteiger partial charge in [0.15, 0.2) is 0 Å². The summed E-state index contributed by atoms with van der Waals surface area (Å²) in [6, 6.07) is 1.33. The Kier molecular flexibility index (Phi) is 12.0. The summed E-state index contributed by atoms with van der Waals surface area (Å²) < 4.78 is 5.98. The average Bonchev–Trinajstić information content (AvgIpc) is 2.85. The van der Waals surface area contributed by atoms with E-state index in [4.69, 9.17) is 4.74 Å². The van der Waals surface area contributed by atoms with Crippen LogP contribution in [0.1, 0.15) is 53.0 Å². The average molecular weight is 611 g/mol. The highest BCUT2D eigenvalue weighted by atomic mass is 79.9. The van der Waals surface area contributed by atoms with Gasteiger partial charge in [0.2, 0.25) is 17.7 Å². The van der Waals surface area contributed by atoms with E-state index in [1.165, 1.54) is 20.0 Å². The van der Waals surface area contributed by atoms with Crippen LogP contribution in [-0.2, 0) is 30.3 Å². The number of ether oxygens (including phenoxy) is 1. The molecule has 216 valence electrons. The summed E-state index contributed by atoms with van der Waals surface area (Å²) in [4.78, 5) is 53.6. The molecule has 1 aliphatic rings. The van der Waals surface area contributed by atoms with Crippen molar-refractivity contribution in [1.82, 2.24) is 15.5 Å². The first-order chi connectivity index (χ1) is 18.2. The van der Waals surface area contributed by atoms with Crippen LogP contribution in [0.25, 0.3) is 0 Å². The summed E-state index contributed by atoms with van der Waals surface area (Å²) >= 11 is 3.25. The molecule has 0 unspecified atom stereocenters. The second kappa shape index (κ2) is 14.5. The minimum Gasteiger partial charge on any atom is -0.507 e. The number of esters is 1. The zero-order valence-corrected chi connectivity index (χ0v) is 24.9. The van der Waals surface area contributed by atoms with Crippen LogP contribution in [0.4, 0.5) is 0 Å². The molecule has 39 heavy (non-hydrogen) atoms. The Bertz CT molecular complexity index is 1090. The molecule has 0 saturated heterocycles. The second-order valence-electron chi connectivity index (χ2n) is 10.5. The number of rotatable bonds is 3. The van der Waals surface area contributed by atoms with Crippen molar-refractivity contribution in [2.45, 2.75) is 78.1 Å². The number of halogens is 1. The number of phenolic OH excluding ortho intramolecular Hbond substituents is 1. The van der Waals surface area contributed by atoms with Gasteiger partial charge in [0.25, 0.3) is 0 Å². The van der Waals surface area contributed by atoms with Crippen molar-refractivity contribution in [1.29, 1.82) is 0 Å². The van der Waals surface area contributed by atoms with Gasteiger partial charge in [0.05, 0.1) is 17.2 Å². The minimum absolute atomic E-state index is 0.0133. The number of benzene rings is 1. The second-order valence-corrected chi connectivity index (χ2v) is 11.4. The van der Waals surface area contributed by atoms with Gasteiger partial charge < -0.3 is 30.5 Å². The van der Waals surface area contributed by atoms with E-state index < -0.39 is 60.4 Å². The minimum atomic E-state index is -1.27. The van der Waals surface area contributed by atoms with E-state index in [0.717, 1.165) is 10.5 Å². The molecule has 0 spiro atoms. The molecular weight excluding hydrogens is 570 g/mol. The Morgan fingerprint density at radius 2 is 1.74 bits per heavy atom. The Labute approximate surface area is 238 Å². The number of likely N-dealkylation sites (N-methyl/N-ethyl adjacent to an activating group) is 1. The number of hydrogen-bond acceptors (Lipinski definition) is 7. The number of hydrogen-bond donors (Lipinski definition) is 4. The molecule has 4 N–H and O–H groups in total. The zero-order valence-electron chi connectivity index (χ0n) is 23.4. The van der Waals surface area contributed by atoms with Gasteiger partial charge >= 0.3 is 5.97 Å². The number of aliphatic hydroxyl groups is 1. The molecule has 0 saturated carbocycles. The van der Waals surface area contributed by atoms with Gasteiger partial charge in [-0.2, -0.15) is 0 Å². The van der Waals surface area contributed by atoms with Crippen LogP contribution < -0.4 is 10.6 Å². The SMILES string of the molecule is CC1=C[C@H](C)C[C@H](C)OC(=O)[C@H](C)NC(=O)[C@@H](Cc2ccc(O)c(Br)c2)N(C)C(=O)[C@H](CO)NC(=O)[C@@H](C)C1. The first-order valence-electron chi connectivity index (χ1n) is 13.1. The number of cyclic esters (lactones) is 1. The number of phenols is 1. The van der Waals surface area contributed by atoms with Crippen molar-refractivity contribution >= 4 is 39.6 Å². The maximum absolute atomic E-state index is 13.4. The first kappa shape index (κ1) is 32.3. The molecule has 3 amide bonds. The number of carbonyl (C=O) groups excluding carboxylic acids is 4. The van der Waals surface area contributed by atoms with E-state index in [0.29, 0.717) is 22.9 Å². The third-order valence-corrected chi connectivity index (χ3v) is 7.37. The lowest BCUT2D eigenvalue weighted by Gasteiger charge is -2.31. The summed E-state index contributed by atoms with van der Waals surface area (Å²) in [6.45, 7) is 8.28. The summed E-state index contributed by atoms with van der Waals surface area (Å²) in [5, 5.41) is 25.1. The Hall–Kier alpha value is -2.92. The summed E-state index contributed by atoms with van der Waals surface area (Å²) in [5.74, 6) is -2.65. The normalized spacial score (nSPS) is 28.5. The van der Waals surface area contributed by atoms with Crippen molar-refractivity contribution < 1.29 is 34.1 Å². The van der Waals surface area contributed by atoms with Crippen LogP contribution in [0.5, 0.6) is 5.75 Å². The third kappa shape index (κ3) is 9.35. The number of nitrogens with zero attached hydrogens (tertiary/aromatic N) is 1. The lowest BCUT2D eigenvalue weighted by molar-refractivity contribution is -0.153. The number of aliphatic hydroxyl groups excluding tert-OH is 1. The number of carbonyl (C=O) groups is 4. The Balaban J connectivity index is 2.44. The van der Waals surface area contributed by atoms with E-state index in [2.05, 4.69) is 26.6 Å². The first-order valence-corrected chi connectivity index (χ1v) is 13.9. The van der Waals surface area contributed by atoms with Gasteiger partial charge in [-0.15, -0.1) is 0 Å². The molecule has 11 heteroatoms. The lowest BCUT2D eigenvalue weighted by atomic mass is 9.95. The molecule has 0 bridgehead atoms. The fourth-order valence-corrected chi connectivity index (χ4v) is 5.07. The van der Waals surface area contributed by atoms with Gasteiger partial charge in [0, 0.05) is 19.4 Å². The van der Waals surface area contributed by atoms with Crippen molar-refractivity contribution in [3.63, 3.8) is 0 Å². The highest BCUT2D eigenvalue weighted by Gasteiger charge is 2.34. The number of nitrogens with one attached hydrogen (secondary N) is 2. The van der Waals surface area contributed by atoms with E-state index in [-0.39, 0.29) is 18.1 Å². The molecule has 0 aliphatic carbocycles. The number of aromatic hydroxyl groups is 1. The molecule has 10 nitrogen and oxygen atoms in total. The molecule has 2 rings (SSSR count). The largest absolute Gasteiger partial charge is 0.507 e. The zero-order chi connectivity index (χ0) is 29.4. The van der Waals surface area contributed by atoms with Crippen molar-refractivity contribution in [3.05, 3.63) is 39.9 Å². The van der Waals surface area contributed by atoms with Crippen LogP contribution in [0, 0.1) is 11.8 Å². The lowest BCUT2D eigenvalue weighted by Crippen LogP contribution is -2.58. The predicted molar refractivity (Wildman–Crippen MR) is 150 cm³/mol. The predicted octanol–water partition coefficient (Wildman–Crippen LogP) is 2.45. The van der Waals surface area contributed by atoms with E-state index in [9.17, 15) is 29.4 Å². The molecule has 1 heterocycles. The molecular formula is C28H40BrN3O7. The quantitative estimate of drug-likeness (QED) is 0.304. The molecule has 1 aromatic carbocycles. The van der Waals surface area contributed by atoms with E-state index in [1.807, 2.05) is 19.9 Å². The summed E-state index contributed by atoms with van der Waals surface area (Å²) in [6.07, 6.45) is 2.67. The topological polar surface area (TPSA) is 145 Å². The Morgan fingerprint density at radius 3 is 2.36 bits per heavy atom. The van der Waals surface area contributed by atoms with Gasteiger partial charge in [-0.3, -0.25) is 14.4 Å². The van der Waals surface area contributed by atoms with Crippen molar-refractivity contribution in [2.75, 3.05) is 13.7 Å². The van der Waals surface area contributed by atoms with Gasteiger partial charge in [-0.05, 0) is 73.2 Å². The van der Waals surface area contributed by atoms with Gasteiger partial charge in [-0.25, -0.2) is 4.79 Å². The van der Waals surface area contributed by atoms with Gasteiger partial charge in [0.1, 0.15) is 23.9 Å². The number of allylic oxidation sites excluding steroid dienone is 2. The molecule has 1 aromatic rings. The molecule has 0 fully saturated rings. The third-order valence-electron chi connectivity index (χ3n) is 6.73. The fourth-order valence-electron chi connectivity index (χ4n) is 4.64. The number of amides is 3. The standard InChI is InChI=1S/C28H40BrN3O7/c1-15-9-16(2)11-18(4)39-28(38)19(5)30-26(36)23(13-20-7-8-24(34)21(29)12-20)32(6)27(37)22(14-33)31-25(35)17(3)10-15/h7-9,12,16-19,22-23,33-34H,10-11,13-14H2,1-6H3,(H,30,36)(H,31,35)/t16-,17-,18-,19-,22-,23+/m0/s1. The smallest absolute Gasteiger partial charge is 0.328 e. The van der Waals surface area contributed by atoms with Crippen molar-refractivity contribution in [3.8, 4) is 5.75 Å². The van der Waals surface area contributed by atoms with E-state index >= 15 is 0 Å². The van der Waals surface area contributed by atoms with Crippen LogP contribution in [0.3, 0.4) is 0 Å². The van der Waals surface area contributed by atoms with Gasteiger partial charge in [-0.1, -0.05) is 31.6 Å². The van der Waals surface area contributed by atoms with Crippen molar-refractivity contribution in [2.24, 2.45) is 11.8 Å². The summed E-state index contributed by atoms with van der Waals surface area (Å²) in [7, 11) is 1.40. The maximum Gasteiger partial charge on any atom is 0.328 e. The van der Waals surface area contributed by atoms with Crippen LogP contribution in [0.15, 0.2) is 34.3 Å². The van der Waals surface area contributed by atoms with Crippen LogP contribution in [-0.4, -0.2) is 76.7 Å². The highest BCUT2D eigenvalue weighted by molar-refractivity contribution is 9.10.